The van der Waals surface area contributed by atoms with Crippen LogP contribution >= 0.6 is 0 Å². The number of hydrogen-bond donors (Lipinski definition) is 0. The van der Waals surface area contributed by atoms with Gasteiger partial charge in [0.15, 0.2) is 0 Å². The van der Waals surface area contributed by atoms with E-state index in [1.54, 1.807) is 18.9 Å². The van der Waals surface area contributed by atoms with Gasteiger partial charge in [0, 0.05) is 62.3 Å². The van der Waals surface area contributed by atoms with Crippen LogP contribution in [0.3, 0.4) is 0 Å². The number of aryl methyl sites for hydroxylation is 1. The predicted molar refractivity (Wildman–Crippen MR) is 102 cm³/mol. The Balaban J connectivity index is 1.29. The molecule has 5 rings (SSSR count). The highest BCUT2D eigenvalue weighted by molar-refractivity contribution is 5.48. The molecule has 0 aromatic carbocycles. The van der Waals surface area contributed by atoms with Crippen molar-refractivity contribution >= 4 is 11.6 Å². The third kappa shape index (κ3) is 3.22. The third-order valence-corrected chi connectivity index (χ3v) is 5.31. The van der Waals surface area contributed by atoms with Crippen molar-refractivity contribution in [2.24, 2.45) is 0 Å². The van der Waals surface area contributed by atoms with Crippen molar-refractivity contribution in [2.75, 3.05) is 36.0 Å². The van der Waals surface area contributed by atoms with Gasteiger partial charge < -0.3 is 9.80 Å². The Kier molecular flexibility index (Phi) is 3.95. The number of hydrogen-bond acceptors (Lipinski definition) is 7. The van der Waals surface area contributed by atoms with Crippen molar-refractivity contribution in [1.29, 1.82) is 0 Å². The molecule has 0 N–H and O–H groups in total. The SMILES string of the molecule is Cc1nccn1-c1cc(N2CCN(c3cc(C4CC4)ncn3)CC2)ncn1. The summed E-state index contributed by atoms with van der Waals surface area (Å²) in [6.07, 6.45) is 9.56. The van der Waals surface area contributed by atoms with Gasteiger partial charge in [-0.25, -0.2) is 24.9 Å². The molecule has 0 amide bonds. The number of piperazine rings is 1. The van der Waals surface area contributed by atoms with Gasteiger partial charge >= 0.3 is 0 Å². The summed E-state index contributed by atoms with van der Waals surface area (Å²) >= 11 is 0. The fourth-order valence-electron chi connectivity index (χ4n) is 3.56. The van der Waals surface area contributed by atoms with Crippen LogP contribution in [0.1, 0.15) is 30.3 Å². The van der Waals surface area contributed by atoms with E-state index < -0.39 is 0 Å². The molecule has 2 fully saturated rings. The number of aromatic nitrogens is 6. The highest BCUT2D eigenvalue weighted by Crippen LogP contribution is 2.39. The molecule has 0 radical (unpaired) electrons. The zero-order valence-electron chi connectivity index (χ0n) is 15.4. The molecule has 4 heterocycles. The number of anilines is 2. The minimum absolute atomic E-state index is 0.652. The second-order valence-electron chi connectivity index (χ2n) is 7.13. The van der Waals surface area contributed by atoms with Gasteiger partial charge in [-0.1, -0.05) is 0 Å². The summed E-state index contributed by atoms with van der Waals surface area (Å²) in [4.78, 5) is 26.7. The Morgan fingerprint density at radius 1 is 0.778 bits per heavy atom. The molecule has 1 aliphatic carbocycles. The summed E-state index contributed by atoms with van der Waals surface area (Å²) in [5.41, 5.74) is 1.19. The molecule has 1 saturated carbocycles. The van der Waals surface area contributed by atoms with Crippen LogP contribution in [0.4, 0.5) is 11.6 Å². The van der Waals surface area contributed by atoms with Crippen LogP contribution in [0.25, 0.3) is 5.82 Å². The summed E-state index contributed by atoms with van der Waals surface area (Å²) in [5, 5.41) is 0. The molecule has 3 aromatic heterocycles. The van der Waals surface area contributed by atoms with Crippen LogP contribution < -0.4 is 9.80 Å². The largest absolute Gasteiger partial charge is 0.353 e. The molecule has 0 atom stereocenters. The van der Waals surface area contributed by atoms with E-state index in [0.29, 0.717) is 5.92 Å². The lowest BCUT2D eigenvalue weighted by molar-refractivity contribution is 0.639. The standard InChI is InChI=1S/C19H22N8/c1-14-20-4-5-27(14)19-11-18(23-13-24-19)26-8-6-25(7-9-26)17-10-16(15-2-3-15)21-12-22-17/h4-5,10-13,15H,2-3,6-9H2,1H3. The molecule has 8 heteroatoms. The van der Waals surface area contributed by atoms with E-state index in [4.69, 9.17) is 0 Å². The van der Waals surface area contributed by atoms with Crippen LogP contribution in [0.15, 0.2) is 37.2 Å². The summed E-state index contributed by atoms with van der Waals surface area (Å²) in [5.74, 6) is 4.42. The number of imidazole rings is 1. The Morgan fingerprint density at radius 3 is 2.04 bits per heavy atom. The summed E-state index contributed by atoms with van der Waals surface area (Å²) < 4.78 is 1.97. The van der Waals surface area contributed by atoms with Crippen LogP contribution in [0, 0.1) is 6.92 Å². The summed E-state index contributed by atoms with van der Waals surface area (Å²) in [6.45, 7) is 5.62. The molecule has 8 nitrogen and oxygen atoms in total. The van der Waals surface area contributed by atoms with E-state index in [1.807, 2.05) is 23.8 Å². The van der Waals surface area contributed by atoms with Crippen molar-refractivity contribution in [3.05, 3.63) is 48.7 Å². The molecule has 1 saturated heterocycles. The average Bonchev–Trinajstić information content (AvgIpc) is 3.49. The first-order valence-corrected chi connectivity index (χ1v) is 9.42. The van der Waals surface area contributed by atoms with Crippen molar-refractivity contribution in [1.82, 2.24) is 29.5 Å². The zero-order chi connectivity index (χ0) is 18.2. The lowest BCUT2D eigenvalue weighted by atomic mass is 10.2. The molecule has 1 aliphatic heterocycles. The van der Waals surface area contributed by atoms with Crippen LogP contribution in [0.2, 0.25) is 0 Å². The maximum atomic E-state index is 4.49. The average molecular weight is 362 g/mol. The Morgan fingerprint density at radius 2 is 1.41 bits per heavy atom. The fourth-order valence-corrected chi connectivity index (χ4v) is 3.56. The maximum Gasteiger partial charge on any atom is 0.143 e. The highest BCUT2D eigenvalue weighted by atomic mass is 15.3. The maximum absolute atomic E-state index is 4.49. The van der Waals surface area contributed by atoms with E-state index in [1.165, 1.54) is 18.5 Å². The van der Waals surface area contributed by atoms with Crippen LogP contribution in [0.5, 0.6) is 0 Å². The Bertz CT molecular complexity index is 940. The van der Waals surface area contributed by atoms with Gasteiger partial charge in [-0.05, 0) is 19.8 Å². The molecular formula is C19H22N8. The van der Waals surface area contributed by atoms with Gasteiger partial charge in [-0.3, -0.25) is 4.57 Å². The van der Waals surface area contributed by atoms with E-state index in [-0.39, 0.29) is 0 Å². The molecule has 138 valence electrons. The first-order valence-electron chi connectivity index (χ1n) is 9.42. The van der Waals surface area contributed by atoms with Gasteiger partial charge in [-0.15, -0.1) is 0 Å². The molecule has 27 heavy (non-hydrogen) atoms. The van der Waals surface area contributed by atoms with Gasteiger partial charge in [0.05, 0.1) is 0 Å². The van der Waals surface area contributed by atoms with Crippen molar-refractivity contribution in [3.8, 4) is 5.82 Å². The molecular weight excluding hydrogens is 340 g/mol. The van der Waals surface area contributed by atoms with Crippen LogP contribution in [-0.4, -0.2) is 55.7 Å². The van der Waals surface area contributed by atoms with E-state index in [2.05, 4.69) is 40.8 Å². The van der Waals surface area contributed by atoms with Gasteiger partial charge in [0.2, 0.25) is 0 Å². The fraction of sp³-hybridized carbons (Fsp3) is 0.421. The Labute approximate surface area is 157 Å². The van der Waals surface area contributed by atoms with Crippen molar-refractivity contribution in [3.63, 3.8) is 0 Å². The molecule has 0 spiro atoms. The van der Waals surface area contributed by atoms with Gasteiger partial charge in [0.1, 0.15) is 35.9 Å². The first-order chi connectivity index (χ1) is 13.3. The lowest BCUT2D eigenvalue weighted by Gasteiger charge is -2.36. The Hall–Kier alpha value is -3.03. The predicted octanol–water partition coefficient (Wildman–Crippen LogP) is 1.96. The third-order valence-electron chi connectivity index (χ3n) is 5.31. The van der Waals surface area contributed by atoms with Gasteiger partial charge in [-0.2, -0.15) is 0 Å². The van der Waals surface area contributed by atoms with Crippen molar-refractivity contribution in [2.45, 2.75) is 25.7 Å². The van der Waals surface area contributed by atoms with Gasteiger partial charge in [0.25, 0.3) is 0 Å². The van der Waals surface area contributed by atoms with E-state index in [9.17, 15) is 0 Å². The summed E-state index contributed by atoms with van der Waals surface area (Å²) in [7, 11) is 0. The second kappa shape index (κ2) is 6.61. The summed E-state index contributed by atoms with van der Waals surface area (Å²) in [6, 6.07) is 4.19. The normalized spacial score (nSPS) is 17.4. The highest BCUT2D eigenvalue weighted by Gasteiger charge is 2.26. The molecule has 0 bridgehead atoms. The topological polar surface area (TPSA) is 75.9 Å². The minimum atomic E-state index is 0.652. The van der Waals surface area contributed by atoms with E-state index >= 15 is 0 Å². The molecule has 0 unspecified atom stereocenters. The molecule has 3 aromatic rings. The number of nitrogens with zero attached hydrogens (tertiary/aromatic N) is 8. The smallest absolute Gasteiger partial charge is 0.143 e. The monoisotopic (exact) mass is 362 g/mol. The lowest BCUT2D eigenvalue weighted by Crippen LogP contribution is -2.47. The quantitative estimate of drug-likeness (QED) is 0.702. The number of rotatable bonds is 4. The first kappa shape index (κ1) is 16.2. The second-order valence-corrected chi connectivity index (χ2v) is 7.13. The van der Waals surface area contributed by atoms with Crippen LogP contribution in [-0.2, 0) is 0 Å². The zero-order valence-corrected chi connectivity index (χ0v) is 15.4. The minimum Gasteiger partial charge on any atom is -0.353 e. The van der Waals surface area contributed by atoms with Crippen molar-refractivity contribution < 1.29 is 0 Å². The van der Waals surface area contributed by atoms with E-state index in [0.717, 1.165) is 49.5 Å². The molecule has 2 aliphatic rings.